The molecule has 0 spiro atoms. The fourth-order valence-corrected chi connectivity index (χ4v) is 2.96. The summed E-state index contributed by atoms with van der Waals surface area (Å²) in [4.78, 5) is 0. The van der Waals surface area contributed by atoms with Crippen molar-refractivity contribution in [3.63, 3.8) is 0 Å². The number of hydrogen-bond donors (Lipinski definition) is 6. The van der Waals surface area contributed by atoms with Crippen LogP contribution in [-0.4, -0.2) is 94.9 Å². The number of aliphatic hydroxyl groups excluding tert-OH is 5. The van der Waals surface area contributed by atoms with E-state index in [2.05, 4.69) is 5.32 Å². The molecule has 6 N–H and O–H groups in total. The molecule has 0 aromatic heterocycles. The number of rotatable bonds is 5. The van der Waals surface area contributed by atoms with Gasteiger partial charge in [-0.05, 0) is 14.0 Å². The number of ether oxygens (including phenoxy) is 3. The van der Waals surface area contributed by atoms with Crippen LogP contribution in [0, 0.1) is 5.92 Å². The Balaban J connectivity index is 2.12. The minimum Gasteiger partial charge on any atom is -0.396 e. The third-order valence-electron chi connectivity index (χ3n) is 4.38. The third kappa shape index (κ3) is 3.28. The first-order valence-electron chi connectivity index (χ1n) is 7.34. The quantitative estimate of drug-likeness (QED) is 0.307. The molecular formula is C13H25NO8. The molecule has 0 saturated carbocycles. The van der Waals surface area contributed by atoms with Gasteiger partial charge in [0.1, 0.15) is 24.4 Å². The average molecular weight is 323 g/mol. The summed E-state index contributed by atoms with van der Waals surface area (Å²) in [6.07, 6.45) is -6.99. The van der Waals surface area contributed by atoms with Crippen molar-refractivity contribution in [2.24, 2.45) is 5.92 Å². The molecule has 0 unspecified atom stereocenters. The molecule has 0 aromatic rings. The van der Waals surface area contributed by atoms with E-state index in [4.69, 9.17) is 14.2 Å². The summed E-state index contributed by atoms with van der Waals surface area (Å²) in [6.45, 7) is 0.979. The molecule has 9 heteroatoms. The maximum atomic E-state index is 10.1. The van der Waals surface area contributed by atoms with Crippen molar-refractivity contribution >= 4 is 0 Å². The fraction of sp³-hybridized carbons (Fsp3) is 1.00. The van der Waals surface area contributed by atoms with Gasteiger partial charge in [-0.1, -0.05) is 0 Å². The predicted octanol–water partition coefficient (Wildman–Crippen LogP) is -3.26. The summed E-state index contributed by atoms with van der Waals surface area (Å²) in [7, 11) is 1.56. The van der Waals surface area contributed by atoms with Gasteiger partial charge in [0.05, 0.1) is 25.4 Å². The SMILES string of the molecule is CN[C@@H]1[C@H](O[C@@H]2[C@@H](CO)[C@H](C)O[C@H]2O)O[C@@H](CO)[C@H](O)[C@H]1O. The molecule has 2 aliphatic heterocycles. The fourth-order valence-electron chi connectivity index (χ4n) is 2.96. The van der Waals surface area contributed by atoms with Crippen molar-refractivity contribution in [2.45, 2.75) is 56.1 Å². The van der Waals surface area contributed by atoms with Crippen LogP contribution in [0.2, 0.25) is 0 Å². The van der Waals surface area contributed by atoms with Crippen LogP contribution in [0.5, 0.6) is 0 Å². The lowest BCUT2D eigenvalue weighted by atomic mass is 9.96. The summed E-state index contributed by atoms with van der Waals surface area (Å²) >= 11 is 0. The van der Waals surface area contributed by atoms with Gasteiger partial charge in [0.25, 0.3) is 0 Å². The highest BCUT2D eigenvalue weighted by Crippen LogP contribution is 2.31. The van der Waals surface area contributed by atoms with E-state index in [0.717, 1.165) is 0 Å². The Morgan fingerprint density at radius 3 is 2.27 bits per heavy atom. The molecule has 2 saturated heterocycles. The normalized spacial score (nSPS) is 49.5. The molecule has 22 heavy (non-hydrogen) atoms. The molecule has 0 radical (unpaired) electrons. The lowest BCUT2D eigenvalue weighted by Gasteiger charge is -2.43. The minimum atomic E-state index is -1.26. The second kappa shape index (κ2) is 7.47. The van der Waals surface area contributed by atoms with Crippen LogP contribution in [0.1, 0.15) is 6.92 Å². The van der Waals surface area contributed by atoms with Crippen LogP contribution in [0.15, 0.2) is 0 Å². The van der Waals surface area contributed by atoms with Gasteiger partial charge < -0.3 is 45.1 Å². The van der Waals surface area contributed by atoms with Gasteiger partial charge in [-0.3, -0.25) is 0 Å². The maximum absolute atomic E-state index is 10.1. The summed E-state index contributed by atoms with van der Waals surface area (Å²) < 4.78 is 16.4. The summed E-state index contributed by atoms with van der Waals surface area (Å²) in [5.74, 6) is -0.451. The van der Waals surface area contributed by atoms with Gasteiger partial charge in [0, 0.05) is 5.92 Å². The molecule has 0 bridgehead atoms. The molecule has 0 aliphatic carbocycles. The van der Waals surface area contributed by atoms with Gasteiger partial charge in [0.15, 0.2) is 12.6 Å². The van der Waals surface area contributed by atoms with Gasteiger partial charge in [0.2, 0.25) is 0 Å². The monoisotopic (exact) mass is 323 g/mol. The van der Waals surface area contributed by atoms with Crippen molar-refractivity contribution in [1.29, 1.82) is 0 Å². The van der Waals surface area contributed by atoms with E-state index in [-0.39, 0.29) is 6.61 Å². The minimum absolute atomic E-state index is 0.242. The highest BCUT2D eigenvalue weighted by atomic mass is 16.7. The van der Waals surface area contributed by atoms with E-state index in [1.807, 2.05) is 0 Å². The molecule has 0 amide bonds. The van der Waals surface area contributed by atoms with E-state index in [1.54, 1.807) is 14.0 Å². The van der Waals surface area contributed by atoms with E-state index >= 15 is 0 Å². The Morgan fingerprint density at radius 2 is 1.73 bits per heavy atom. The molecule has 9 nitrogen and oxygen atoms in total. The molecule has 130 valence electrons. The zero-order chi connectivity index (χ0) is 16.4. The maximum Gasteiger partial charge on any atom is 0.181 e. The number of likely N-dealkylation sites (N-methyl/N-ethyl adjacent to an activating group) is 1. The lowest BCUT2D eigenvalue weighted by molar-refractivity contribution is -0.297. The van der Waals surface area contributed by atoms with Crippen molar-refractivity contribution in [1.82, 2.24) is 5.32 Å². The molecule has 2 fully saturated rings. The van der Waals surface area contributed by atoms with Crippen molar-refractivity contribution in [3.05, 3.63) is 0 Å². The Bertz CT molecular complexity index is 359. The molecular weight excluding hydrogens is 298 g/mol. The second-order valence-electron chi connectivity index (χ2n) is 5.70. The average Bonchev–Trinajstić information content (AvgIpc) is 2.76. The molecule has 9 atom stereocenters. The first-order valence-corrected chi connectivity index (χ1v) is 7.34. The van der Waals surface area contributed by atoms with Gasteiger partial charge >= 0.3 is 0 Å². The third-order valence-corrected chi connectivity index (χ3v) is 4.38. The Hall–Kier alpha value is -0.360. The first-order chi connectivity index (χ1) is 10.4. The Labute approximate surface area is 128 Å². The van der Waals surface area contributed by atoms with Crippen LogP contribution >= 0.6 is 0 Å². The molecule has 2 aliphatic rings. The topological polar surface area (TPSA) is 141 Å². The van der Waals surface area contributed by atoms with Gasteiger partial charge in [-0.2, -0.15) is 0 Å². The summed E-state index contributed by atoms with van der Waals surface area (Å²) in [5.41, 5.74) is 0. The van der Waals surface area contributed by atoms with Gasteiger partial charge in [-0.15, -0.1) is 0 Å². The number of aliphatic hydroxyl groups is 5. The van der Waals surface area contributed by atoms with Crippen molar-refractivity contribution in [3.8, 4) is 0 Å². The van der Waals surface area contributed by atoms with E-state index in [9.17, 15) is 25.5 Å². The number of nitrogens with one attached hydrogen (secondary N) is 1. The van der Waals surface area contributed by atoms with Crippen LogP contribution < -0.4 is 5.32 Å². The molecule has 2 rings (SSSR count). The zero-order valence-corrected chi connectivity index (χ0v) is 12.6. The zero-order valence-electron chi connectivity index (χ0n) is 12.6. The van der Waals surface area contributed by atoms with E-state index < -0.39 is 61.7 Å². The molecule has 0 aromatic carbocycles. The van der Waals surface area contributed by atoms with E-state index in [0.29, 0.717) is 0 Å². The van der Waals surface area contributed by atoms with E-state index in [1.165, 1.54) is 0 Å². The summed E-state index contributed by atoms with van der Waals surface area (Å²) in [6, 6.07) is -0.764. The molecule has 2 heterocycles. The lowest BCUT2D eigenvalue weighted by Crippen LogP contribution is -2.64. The van der Waals surface area contributed by atoms with Crippen molar-refractivity contribution in [2.75, 3.05) is 20.3 Å². The standard InChI is InChI=1S/C13H25NO8/c1-5-6(3-15)11(12(19)20-5)22-13-8(14-2)10(18)9(17)7(4-16)21-13/h5-19H,3-4H2,1-2H3/t5-,6-,7-,8-,9-,10-,11+,12+,13-/m0/s1. The first kappa shape index (κ1) is 18.0. The van der Waals surface area contributed by atoms with Crippen LogP contribution in [0.3, 0.4) is 0 Å². The highest BCUT2D eigenvalue weighted by molar-refractivity contribution is 4.94. The predicted molar refractivity (Wildman–Crippen MR) is 72.6 cm³/mol. The second-order valence-corrected chi connectivity index (χ2v) is 5.70. The number of hydrogen-bond acceptors (Lipinski definition) is 9. The van der Waals surface area contributed by atoms with Crippen LogP contribution in [0.4, 0.5) is 0 Å². The highest BCUT2D eigenvalue weighted by Gasteiger charge is 2.49. The van der Waals surface area contributed by atoms with Gasteiger partial charge in [-0.25, -0.2) is 0 Å². The Kier molecular flexibility index (Phi) is 6.11. The largest absolute Gasteiger partial charge is 0.396 e. The summed E-state index contributed by atoms with van der Waals surface area (Å²) in [5, 5.41) is 51.3. The van der Waals surface area contributed by atoms with Crippen LogP contribution in [-0.2, 0) is 14.2 Å². The van der Waals surface area contributed by atoms with Crippen LogP contribution in [0.25, 0.3) is 0 Å². The van der Waals surface area contributed by atoms with Crippen molar-refractivity contribution < 1.29 is 39.7 Å². The Morgan fingerprint density at radius 1 is 1.05 bits per heavy atom. The smallest absolute Gasteiger partial charge is 0.181 e.